The number of nitro groups is 1. The summed E-state index contributed by atoms with van der Waals surface area (Å²) in [6.45, 7) is 4.04. The molecule has 0 aliphatic rings. The number of nitrogens with one attached hydrogen (secondary N) is 1. The molecule has 0 saturated heterocycles. The third-order valence-corrected chi connectivity index (χ3v) is 4.43. The Kier molecular flexibility index (Phi) is 4.12. The molecule has 0 saturated carbocycles. The third kappa shape index (κ3) is 3.09. The fourth-order valence-electron chi connectivity index (χ4n) is 2.29. The number of hydrogen-bond acceptors (Lipinski definition) is 6. The maximum Gasteiger partial charge on any atom is 0.274 e. The van der Waals surface area contributed by atoms with Crippen molar-refractivity contribution in [2.24, 2.45) is 0 Å². The molecule has 2 heterocycles. The van der Waals surface area contributed by atoms with E-state index >= 15 is 0 Å². The van der Waals surface area contributed by atoms with Gasteiger partial charge < -0.3 is 9.73 Å². The van der Waals surface area contributed by atoms with E-state index in [0.29, 0.717) is 18.0 Å². The number of hydrogen-bond donors (Lipinski definition) is 1. The summed E-state index contributed by atoms with van der Waals surface area (Å²) in [5.41, 5.74) is 2.22. The lowest BCUT2D eigenvalue weighted by molar-refractivity contribution is -0.385. The number of aromatic nitrogens is 1. The molecule has 118 valence electrons. The zero-order valence-corrected chi connectivity index (χ0v) is 13.5. The Morgan fingerprint density at radius 2 is 2.13 bits per heavy atom. The van der Waals surface area contributed by atoms with Crippen LogP contribution in [0.1, 0.15) is 17.0 Å². The van der Waals surface area contributed by atoms with Gasteiger partial charge in [-0.3, -0.25) is 10.1 Å². The van der Waals surface area contributed by atoms with Gasteiger partial charge in [0.15, 0.2) is 0 Å². The largest absolute Gasteiger partial charge is 0.440 e. The predicted molar refractivity (Wildman–Crippen MR) is 89.7 cm³/mol. The molecule has 0 spiro atoms. The highest BCUT2D eigenvalue weighted by molar-refractivity contribution is 7.13. The van der Waals surface area contributed by atoms with Crippen LogP contribution in [0.2, 0.25) is 0 Å². The molecule has 0 fully saturated rings. The molecule has 0 aliphatic heterocycles. The van der Waals surface area contributed by atoms with Gasteiger partial charge in [0.05, 0.1) is 16.3 Å². The second-order valence-corrected chi connectivity index (χ2v) is 6.01. The topological polar surface area (TPSA) is 81.2 Å². The molecule has 0 aliphatic carbocycles. The lowest BCUT2D eigenvalue weighted by Crippen LogP contribution is -2.04. The number of nitro benzene ring substituents is 1. The Morgan fingerprint density at radius 3 is 2.83 bits per heavy atom. The van der Waals surface area contributed by atoms with E-state index in [2.05, 4.69) is 10.3 Å². The number of anilines is 1. The maximum atomic E-state index is 11.0. The van der Waals surface area contributed by atoms with Crippen LogP contribution in [0.15, 0.2) is 40.1 Å². The average molecular weight is 329 g/mol. The predicted octanol–water partition coefficient (Wildman–Crippen LogP) is 4.54. The average Bonchev–Trinajstić information content (AvgIpc) is 3.15. The normalized spacial score (nSPS) is 10.7. The summed E-state index contributed by atoms with van der Waals surface area (Å²) in [7, 11) is 0. The van der Waals surface area contributed by atoms with Crippen LogP contribution in [0.3, 0.4) is 0 Å². The van der Waals surface area contributed by atoms with E-state index in [1.165, 1.54) is 6.07 Å². The summed E-state index contributed by atoms with van der Waals surface area (Å²) in [5.74, 6) is 1.34. The van der Waals surface area contributed by atoms with Crippen molar-refractivity contribution in [3.63, 3.8) is 0 Å². The minimum Gasteiger partial charge on any atom is -0.440 e. The zero-order chi connectivity index (χ0) is 16.4. The number of thiophene rings is 1. The van der Waals surface area contributed by atoms with Crippen molar-refractivity contribution in [1.29, 1.82) is 0 Å². The molecule has 2 aromatic heterocycles. The van der Waals surface area contributed by atoms with Crippen LogP contribution >= 0.6 is 11.3 Å². The number of rotatable bonds is 5. The summed E-state index contributed by atoms with van der Waals surface area (Å²) < 4.78 is 5.69. The van der Waals surface area contributed by atoms with Gasteiger partial charge in [-0.15, -0.1) is 11.3 Å². The molecular weight excluding hydrogens is 314 g/mol. The minimum absolute atomic E-state index is 0.103. The van der Waals surface area contributed by atoms with Gasteiger partial charge in [-0.05, 0) is 31.4 Å². The first-order chi connectivity index (χ1) is 11.1. The van der Waals surface area contributed by atoms with Gasteiger partial charge in [0.25, 0.3) is 5.69 Å². The molecule has 0 bridgehead atoms. The van der Waals surface area contributed by atoms with Crippen LogP contribution < -0.4 is 5.32 Å². The van der Waals surface area contributed by atoms with Crippen LogP contribution in [0, 0.1) is 24.0 Å². The van der Waals surface area contributed by atoms with Crippen molar-refractivity contribution in [3.05, 3.63) is 62.8 Å². The van der Waals surface area contributed by atoms with E-state index in [0.717, 1.165) is 22.0 Å². The fraction of sp³-hybridized carbons (Fsp3) is 0.188. The number of benzene rings is 1. The highest BCUT2D eigenvalue weighted by atomic mass is 32.1. The molecule has 23 heavy (non-hydrogen) atoms. The highest BCUT2D eigenvalue weighted by Gasteiger charge is 2.15. The van der Waals surface area contributed by atoms with Gasteiger partial charge in [-0.2, -0.15) is 0 Å². The van der Waals surface area contributed by atoms with Crippen molar-refractivity contribution < 1.29 is 9.34 Å². The molecule has 0 amide bonds. The summed E-state index contributed by atoms with van der Waals surface area (Å²) in [4.78, 5) is 16.1. The Morgan fingerprint density at radius 1 is 1.30 bits per heavy atom. The van der Waals surface area contributed by atoms with E-state index in [-0.39, 0.29) is 10.6 Å². The quantitative estimate of drug-likeness (QED) is 0.549. The molecule has 7 heteroatoms. The van der Waals surface area contributed by atoms with Crippen molar-refractivity contribution in [2.45, 2.75) is 20.4 Å². The molecule has 1 aromatic carbocycles. The van der Waals surface area contributed by atoms with Gasteiger partial charge in [0.1, 0.15) is 11.5 Å². The Labute approximate surface area is 136 Å². The van der Waals surface area contributed by atoms with Crippen molar-refractivity contribution in [1.82, 2.24) is 4.98 Å². The lowest BCUT2D eigenvalue weighted by Gasteiger charge is -2.08. The first-order valence-electron chi connectivity index (χ1n) is 7.04. The Balaban J connectivity index is 1.79. The molecule has 1 N–H and O–H groups in total. The third-order valence-electron chi connectivity index (χ3n) is 3.57. The van der Waals surface area contributed by atoms with Gasteiger partial charge in [0.2, 0.25) is 5.89 Å². The number of oxazole rings is 1. The Bertz CT molecular complexity index is 840. The smallest absolute Gasteiger partial charge is 0.274 e. The number of nitrogens with zero attached hydrogens (tertiary/aromatic N) is 2. The van der Waals surface area contributed by atoms with Gasteiger partial charge >= 0.3 is 0 Å². The first kappa shape index (κ1) is 15.2. The van der Waals surface area contributed by atoms with E-state index in [4.69, 9.17) is 4.42 Å². The first-order valence-corrected chi connectivity index (χ1v) is 7.92. The standard InChI is InChI=1S/C16H15N3O3S/c1-10-12(5-3-6-14(10)19(20)21)17-9-13-11(2)22-16(18-13)15-7-4-8-23-15/h3-8,17H,9H2,1-2H3. The van der Waals surface area contributed by atoms with Gasteiger partial charge in [-0.1, -0.05) is 12.1 Å². The van der Waals surface area contributed by atoms with Crippen LogP contribution in [0.4, 0.5) is 11.4 Å². The Hall–Kier alpha value is -2.67. The van der Waals surface area contributed by atoms with Crippen LogP contribution in [-0.2, 0) is 6.54 Å². The van der Waals surface area contributed by atoms with Crippen molar-refractivity contribution >= 4 is 22.7 Å². The SMILES string of the molecule is Cc1oc(-c2cccs2)nc1CNc1cccc([N+](=O)[O-])c1C. The fourth-order valence-corrected chi connectivity index (χ4v) is 2.94. The molecule has 0 unspecified atom stereocenters. The lowest BCUT2D eigenvalue weighted by atomic mass is 10.1. The highest BCUT2D eigenvalue weighted by Crippen LogP contribution is 2.28. The van der Waals surface area contributed by atoms with E-state index < -0.39 is 0 Å². The van der Waals surface area contributed by atoms with Crippen LogP contribution in [-0.4, -0.2) is 9.91 Å². The van der Waals surface area contributed by atoms with E-state index in [1.54, 1.807) is 24.3 Å². The second-order valence-electron chi connectivity index (χ2n) is 5.06. The summed E-state index contributed by atoms with van der Waals surface area (Å²) >= 11 is 1.57. The second kappa shape index (κ2) is 6.21. The summed E-state index contributed by atoms with van der Waals surface area (Å²) in [6, 6.07) is 8.89. The van der Waals surface area contributed by atoms with Crippen molar-refractivity contribution in [3.8, 4) is 10.8 Å². The minimum atomic E-state index is -0.378. The van der Waals surface area contributed by atoms with Gasteiger partial charge in [-0.25, -0.2) is 4.98 Å². The molecule has 0 atom stereocenters. The van der Waals surface area contributed by atoms with Crippen LogP contribution in [0.25, 0.3) is 10.8 Å². The monoisotopic (exact) mass is 329 g/mol. The van der Waals surface area contributed by atoms with Crippen LogP contribution in [0.5, 0.6) is 0 Å². The number of aryl methyl sites for hydroxylation is 1. The molecule has 0 radical (unpaired) electrons. The van der Waals surface area contributed by atoms with Crippen molar-refractivity contribution in [2.75, 3.05) is 5.32 Å². The van der Waals surface area contributed by atoms with E-state index in [1.807, 2.05) is 30.5 Å². The zero-order valence-electron chi connectivity index (χ0n) is 12.7. The summed E-state index contributed by atoms with van der Waals surface area (Å²) in [5, 5.41) is 16.2. The maximum absolute atomic E-state index is 11.0. The molecule has 3 rings (SSSR count). The summed E-state index contributed by atoms with van der Waals surface area (Å²) in [6.07, 6.45) is 0. The molecule has 6 nitrogen and oxygen atoms in total. The van der Waals surface area contributed by atoms with E-state index in [9.17, 15) is 10.1 Å². The molecule has 3 aromatic rings. The molecular formula is C16H15N3O3S. The van der Waals surface area contributed by atoms with Gasteiger partial charge in [0, 0.05) is 17.3 Å².